The first kappa shape index (κ1) is 15.7. The minimum absolute atomic E-state index is 0.404. The molecule has 0 heterocycles. The molecule has 0 saturated heterocycles. The van der Waals surface area contributed by atoms with Crippen molar-refractivity contribution in [1.29, 1.82) is 0 Å². The van der Waals surface area contributed by atoms with E-state index < -0.39 is 0 Å². The first-order valence-corrected chi connectivity index (χ1v) is 7.95. The second-order valence-corrected chi connectivity index (χ2v) is 6.01. The summed E-state index contributed by atoms with van der Waals surface area (Å²) in [6.07, 6.45) is 6.66. The summed E-state index contributed by atoms with van der Waals surface area (Å²) in [7, 11) is 0. The van der Waals surface area contributed by atoms with Crippen LogP contribution >= 0.6 is 15.9 Å². The largest absolute Gasteiger partial charge is 0.308 e. The molecule has 2 unspecified atom stereocenters. The zero-order chi connectivity index (χ0) is 13.4. The van der Waals surface area contributed by atoms with Gasteiger partial charge in [0.1, 0.15) is 0 Å². The molecule has 1 rings (SSSR count). The Balaban J connectivity index is 2.35. The van der Waals surface area contributed by atoms with Gasteiger partial charge in [0.2, 0.25) is 0 Å². The van der Waals surface area contributed by atoms with Crippen molar-refractivity contribution < 1.29 is 0 Å². The maximum absolute atomic E-state index is 3.68. The Morgan fingerprint density at radius 3 is 2.50 bits per heavy atom. The summed E-state index contributed by atoms with van der Waals surface area (Å²) in [5.74, 6) is 0. The lowest BCUT2D eigenvalue weighted by molar-refractivity contribution is 0.437. The highest BCUT2D eigenvalue weighted by Gasteiger charge is 2.11. The molecule has 0 aliphatic heterocycles. The summed E-state index contributed by atoms with van der Waals surface area (Å²) in [5.41, 5.74) is 1.35. The van der Waals surface area contributed by atoms with Crippen molar-refractivity contribution in [3.63, 3.8) is 0 Å². The predicted molar refractivity (Wildman–Crippen MR) is 83.9 cm³/mol. The molecule has 1 aromatic carbocycles. The van der Waals surface area contributed by atoms with E-state index in [1.165, 1.54) is 42.1 Å². The molecular formula is C16H26BrN. The highest BCUT2D eigenvalue weighted by atomic mass is 79.9. The van der Waals surface area contributed by atoms with Crippen LogP contribution in [0.25, 0.3) is 0 Å². The van der Waals surface area contributed by atoms with Gasteiger partial charge in [-0.3, -0.25) is 0 Å². The van der Waals surface area contributed by atoms with Crippen LogP contribution in [0.5, 0.6) is 0 Å². The molecule has 0 aromatic heterocycles. The average molecular weight is 312 g/mol. The fourth-order valence-electron chi connectivity index (χ4n) is 2.30. The Morgan fingerprint density at radius 1 is 1.11 bits per heavy atom. The Labute approximate surface area is 120 Å². The summed E-state index contributed by atoms with van der Waals surface area (Å²) in [4.78, 5) is 0. The number of unbranched alkanes of at least 4 members (excludes halogenated alkanes) is 3. The third-order valence-corrected chi connectivity index (χ3v) is 4.12. The number of halogens is 1. The standard InChI is InChI=1S/C16H26BrN/c1-4-5-6-7-10-13(2)18-14(3)15-11-8-9-12-16(15)17/h8-9,11-14,18H,4-7,10H2,1-3H3. The zero-order valence-corrected chi connectivity index (χ0v) is 13.5. The molecule has 0 spiro atoms. The zero-order valence-electron chi connectivity index (χ0n) is 11.9. The lowest BCUT2D eigenvalue weighted by atomic mass is 10.0. The number of hydrogen-bond donors (Lipinski definition) is 1. The van der Waals surface area contributed by atoms with Crippen molar-refractivity contribution in [1.82, 2.24) is 5.32 Å². The van der Waals surface area contributed by atoms with Crippen LogP contribution in [-0.2, 0) is 0 Å². The maximum atomic E-state index is 3.68. The van der Waals surface area contributed by atoms with E-state index in [0.717, 1.165) is 0 Å². The lowest BCUT2D eigenvalue weighted by Gasteiger charge is -2.21. The van der Waals surface area contributed by atoms with Crippen LogP contribution in [0.3, 0.4) is 0 Å². The highest BCUT2D eigenvalue weighted by molar-refractivity contribution is 9.10. The summed E-state index contributed by atoms with van der Waals surface area (Å²) in [6.45, 7) is 6.79. The third-order valence-electron chi connectivity index (χ3n) is 3.40. The van der Waals surface area contributed by atoms with Gasteiger partial charge in [-0.05, 0) is 31.9 Å². The van der Waals surface area contributed by atoms with Gasteiger partial charge in [0.05, 0.1) is 0 Å². The summed E-state index contributed by atoms with van der Waals surface area (Å²) >= 11 is 3.62. The number of rotatable bonds is 8. The van der Waals surface area contributed by atoms with Crippen molar-refractivity contribution in [2.24, 2.45) is 0 Å². The van der Waals surface area contributed by atoms with Gasteiger partial charge < -0.3 is 5.32 Å². The van der Waals surface area contributed by atoms with E-state index >= 15 is 0 Å². The van der Waals surface area contributed by atoms with E-state index in [1.807, 2.05) is 0 Å². The molecule has 0 radical (unpaired) electrons. The summed E-state index contributed by atoms with van der Waals surface area (Å²) in [6, 6.07) is 9.45. The molecule has 0 amide bonds. The Morgan fingerprint density at radius 2 is 1.83 bits per heavy atom. The van der Waals surface area contributed by atoms with Crippen LogP contribution in [0.15, 0.2) is 28.7 Å². The quantitative estimate of drug-likeness (QED) is 0.629. The highest BCUT2D eigenvalue weighted by Crippen LogP contribution is 2.23. The van der Waals surface area contributed by atoms with Crippen molar-refractivity contribution >= 4 is 15.9 Å². The van der Waals surface area contributed by atoms with Gasteiger partial charge in [0.25, 0.3) is 0 Å². The number of nitrogens with one attached hydrogen (secondary N) is 1. The normalized spacial score (nSPS) is 14.4. The van der Waals surface area contributed by atoms with Gasteiger partial charge in [0.15, 0.2) is 0 Å². The first-order chi connectivity index (χ1) is 8.65. The van der Waals surface area contributed by atoms with E-state index in [1.54, 1.807) is 0 Å². The minimum atomic E-state index is 0.404. The maximum Gasteiger partial charge on any atom is 0.0305 e. The lowest BCUT2D eigenvalue weighted by Crippen LogP contribution is -2.29. The van der Waals surface area contributed by atoms with Gasteiger partial charge in [-0.1, -0.05) is 66.7 Å². The van der Waals surface area contributed by atoms with E-state index in [2.05, 4.69) is 66.3 Å². The fraction of sp³-hybridized carbons (Fsp3) is 0.625. The predicted octanol–water partition coefficient (Wildman–Crippen LogP) is 5.46. The molecule has 0 saturated carbocycles. The van der Waals surface area contributed by atoms with Gasteiger partial charge >= 0.3 is 0 Å². The van der Waals surface area contributed by atoms with Crippen LogP contribution in [0.4, 0.5) is 0 Å². The number of hydrogen-bond acceptors (Lipinski definition) is 1. The minimum Gasteiger partial charge on any atom is -0.308 e. The van der Waals surface area contributed by atoms with Crippen molar-refractivity contribution in [3.05, 3.63) is 34.3 Å². The van der Waals surface area contributed by atoms with Crippen LogP contribution in [0.2, 0.25) is 0 Å². The van der Waals surface area contributed by atoms with E-state index in [4.69, 9.17) is 0 Å². The SMILES string of the molecule is CCCCCCC(C)NC(C)c1ccccc1Br. The fourth-order valence-corrected chi connectivity index (χ4v) is 2.93. The van der Waals surface area contributed by atoms with Gasteiger partial charge in [0, 0.05) is 16.6 Å². The molecule has 1 nitrogen and oxygen atoms in total. The van der Waals surface area contributed by atoms with E-state index in [9.17, 15) is 0 Å². The molecule has 0 fully saturated rings. The second-order valence-electron chi connectivity index (χ2n) is 5.16. The molecular weight excluding hydrogens is 286 g/mol. The van der Waals surface area contributed by atoms with E-state index in [-0.39, 0.29) is 0 Å². The van der Waals surface area contributed by atoms with Crippen LogP contribution in [0, 0.1) is 0 Å². The Bertz CT molecular complexity index is 338. The molecule has 18 heavy (non-hydrogen) atoms. The number of benzene rings is 1. The van der Waals surface area contributed by atoms with Crippen LogP contribution < -0.4 is 5.32 Å². The topological polar surface area (TPSA) is 12.0 Å². The first-order valence-electron chi connectivity index (χ1n) is 7.15. The molecule has 1 aromatic rings. The molecule has 2 heteroatoms. The molecule has 102 valence electrons. The monoisotopic (exact) mass is 311 g/mol. The molecule has 0 bridgehead atoms. The van der Waals surface area contributed by atoms with E-state index in [0.29, 0.717) is 12.1 Å². The van der Waals surface area contributed by atoms with Crippen molar-refractivity contribution in [2.45, 2.75) is 65.0 Å². The molecule has 1 N–H and O–H groups in total. The average Bonchev–Trinajstić information content (AvgIpc) is 2.35. The molecule has 0 aliphatic rings. The Kier molecular flexibility index (Phi) is 7.60. The van der Waals surface area contributed by atoms with Crippen LogP contribution in [-0.4, -0.2) is 6.04 Å². The molecule has 2 atom stereocenters. The Hall–Kier alpha value is -0.340. The summed E-state index contributed by atoms with van der Waals surface area (Å²) in [5, 5.41) is 3.68. The third kappa shape index (κ3) is 5.53. The van der Waals surface area contributed by atoms with Gasteiger partial charge in [-0.15, -0.1) is 0 Å². The van der Waals surface area contributed by atoms with Crippen LogP contribution in [0.1, 0.15) is 64.5 Å². The van der Waals surface area contributed by atoms with Crippen molar-refractivity contribution in [2.75, 3.05) is 0 Å². The van der Waals surface area contributed by atoms with Gasteiger partial charge in [-0.2, -0.15) is 0 Å². The second kappa shape index (κ2) is 8.71. The van der Waals surface area contributed by atoms with Gasteiger partial charge in [-0.25, -0.2) is 0 Å². The van der Waals surface area contributed by atoms with Crippen molar-refractivity contribution in [3.8, 4) is 0 Å². The summed E-state index contributed by atoms with van der Waals surface area (Å²) < 4.78 is 1.20. The molecule has 0 aliphatic carbocycles. The smallest absolute Gasteiger partial charge is 0.0305 e.